The number of benzene rings is 3. The highest BCUT2D eigenvalue weighted by atomic mass is 32.2. The summed E-state index contributed by atoms with van der Waals surface area (Å²) in [5.41, 5.74) is 3.46. The van der Waals surface area contributed by atoms with Crippen molar-refractivity contribution in [2.75, 3.05) is 0 Å². The van der Waals surface area contributed by atoms with Gasteiger partial charge in [0.1, 0.15) is 0 Å². The summed E-state index contributed by atoms with van der Waals surface area (Å²) in [6, 6.07) is 31.7. The maximum Gasteiger partial charge on any atom is 0.0724 e. The van der Waals surface area contributed by atoms with Crippen LogP contribution in [0.5, 0.6) is 0 Å². The van der Waals surface area contributed by atoms with Gasteiger partial charge >= 0.3 is 0 Å². The minimum absolute atomic E-state index is 1.01. The maximum absolute atomic E-state index is 4.66. The van der Waals surface area contributed by atoms with E-state index >= 15 is 0 Å². The van der Waals surface area contributed by atoms with Crippen LogP contribution in [0.25, 0.3) is 11.3 Å². The van der Waals surface area contributed by atoms with E-state index in [0.717, 1.165) is 5.69 Å². The molecule has 0 saturated carbocycles. The Hall–Kier alpha value is -2.49. The molecule has 1 aromatic heterocycles. The van der Waals surface area contributed by atoms with E-state index in [4.69, 9.17) is 0 Å². The molecule has 0 N–H and O–H groups in total. The first kappa shape index (κ1) is 17.9. The van der Waals surface area contributed by atoms with Crippen LogP contribution in [0.2, 0.25) is 0 Å². The molecule has 27 heavy (non-hydrogen) atoms. The van der Waals surface area contributed by atoms with Gasteiger partial charge in [0.15, 0.2) is 0 Å². The lowest BCUT2D eigenvalue weighted by Gasteiger charge is -2.15. The quantitative estimate of drug-likeness (QED) is 0.356. The average molecular weight is 386 g/mol. The smallest absolute Gasteiger partial charge is 0.0724 e. The minimum Gasteiger partial charge on any atom is -0.256 e. The second-order valence-electron chi connectivity index (χ2n) is 6.18. The van der Waals surface area contributed by atoms with Crippen molar-refractivity contribution < 1.29 is 0 Å². The van der Waals surface area contributed by atoms with Crippen molar-refractivity contribution in [1.29, 1.82) is 0 Å². The Labute approximate surface area is 168 Å². The Kier molecular flexibility index (Phi) is 5.61. The molecule has 1 heterocycles. The van der Waals surface area contributed by atoms with Gasteiger partial charge in [-0.1, -0.05) is 66.0 Å². The van der Waals surface area contributed by atoms with E-state index in [2.05, 4.69) is 96.8 Å². The third-order valence-electron chi connectivity index (χ3n) is 4.07. The van der Waals surface area contributed by atoms with Crippen LogP contribution in [0, 0.1) is 6.92 Å². The fraction of sp³-hybridized carbons (Fsp3) is 0.0417. The third kappa shape index (κ3) is 4.44. The molecule has 132 valence electrons. The molecule has 0 aliphatic carbocycles. The summed E-state index contributed by atoms with van der Waals surface area (Å²) in [7, 11) is 0. The van der Waals surface area contributed by atoms with Crippen LogP contribution in [-0.4, -0.2) is 4.98 Å². The molecule has 4 rings (SSSR count). The molecule has 0 bridgehead atoms. The van der Waals surface area contributed by atoms with Crippen molar-refractivity contribution in [3.05, 3.63) is 103 Å². The predicted octanol–water partition coefficient (Wildman–Crippen LogP) is 7.36. The highest BCUT2D eigenvalue weighted by Crippen LogP contribution is 2.43. The highest BCUT2D eigenvalue weighted by Gasteiger charge is 2.15. The van der Waals surface area contributed by atoms with Crippen LogP contribution in [0.4, 0.5) is 0 Å². The van der Waals surface area contributed by atoms with Gasteiger partial charge in [0.2, 0.25) is 0 Å². The first-order valence-electron chi connectivity index (χ1n) is 8.81. The Morgan fingerprint density at radius 3 is 1.63 bits per heavy atom. The van der Waals surface area contributed by atoms with E-state index in [-0.39, 0.29) is 0 Å². The normalized spacial score (nSPS) is 10.7. The zero-order valence-corrected chi connectivity index (χ0v) is 16.6. The average Bonchev–Trinajstić information content (AvgIpc) is 2.70. The van der Waals surface area contributed by atoms with Crippen LogP contribution in [0.1, 0.15) is 5.56 Å². The second kappa shape index (κ2) is 8.47. The Morgan fingerprint density at radius 1 is 0.630 bits per heavy atom. The van der Waals surface area contributed by atoms with Crippen molar-refractivity contribution in [3.63, 3.8) is 0 Å². The minimum atomic E-state index is 1.01. The molecule has 0 amide bonds. The van der Waals surface area contributed by atoms with E-state index in [1.807, 2.05) is 12.3 Å². The van der Waals surface area contributed by atoms with Crippen molar-refractivity contribution in [2.24, 2.45) is 0 Å². The van der Waals surface area contributed by atoms with Crippen molar-refractivity contribution in [3.8, 4) is 11.3 Å². The summed E-state index contributed by atoms with van der Waals surface area (Å²) in [4.78, 5) is 9.59. The van der Waals surface area contributed by atoms with Crippen molar-refractivity contribution >= 4 is 23.5 Å². The van der Waals surface area contributed by atoms with Crippen LogP contribution in [0.3, 0.4) is 0 Å². The van der Waals surface area contributed by atoms with E-state index < -0.39 is 0 Å². The largest absolute Gasteiger partial charge is 0.256 e. The van der Waals surface area contributed by atoms with Crippen LogP contribution in [0.15, 0.2) is 117 Å². The van der Waals surface area contributed by atoms with Crippen molar-refractivity contribution in [2.45, 2.75) is 26.5 Å². The fourth-order valence-electron chi connectivity index (χ4n) is 2.88. The topological polar surface area (TPSA) is 12.9 Å². The first-order chi connectivity index (χ1) is 13.3. The summed E-state index contributed by atoms with van der Waals surface area (Å²) >= 11 is 3.59. The number of pyridine rings is 1. The van der Waals surface area contributed by atoms with E-state index in [1.165, 1.54) is 30.7 Å². The molecule has 0 atom stereocenters. The second-order valence-corrected chi connectivity index (χ2v) is 8.41. The van der Waals surface area contributed by atoms with Gasteiger partial charge in [-0.2, -0.15) is 0 Å². The van der Waals surface area contributed by atoms with Crippen LogP contribution in [-0.2, 0) is 0 Å². The monoisotopic (exact) mass is 385 g/mol. The van der Waals surface area contributed by atoms with Crippen LogP contribution >= 0.6 is 23.5 Å². The zero-order valence-electron chi connectivity index (χ0n) is 15.0. The Balaban J connectivity index is 1.84. The highest BCUT2D eigenvalue weighted by molar-refractivity contribution is 8.00. The number of hydrogen-bond acceptors (Lipinski definition) is 3. The van der Waals surface area contributed by atoms with E-state index in [0.29, 0.717) is 0 Å². The van der Waals surface area contributed by atoms with E-state index in [9.17, 15) is 0 Å². The predicted molar refractivity (Wildman–Crippen MR) is 116 cm³/mol. The Morgan fingerprint density at radius 2 is 1.15 bits per heavy atom. The van der Waals surface area contributed by atoms with Gasteiger partial charge in [0.25, 0.3) is 0 Å². The summed E-state index contributed by atoms with van der Waals surface area (Å²) in [5, 5.41) is 0. The molecule has 3 aromatic carbocycles. The maximum atomic E-state index is 4.66. The Bertz CT molecular complexity index is 953. The summed E-state index contributed by atoms with van der Waals surface area (Å²) in [6.07, 6.45) is 1.86. The SMILES string of the molecule is Cc1cc(Sc2ccccc2)c(-c2ccccn2)c(Sc2ccccc2)c1. The molecular weight excluding hydrogens is 366 g/mol. The molecule has 0 unspecified atom stereocenters. The number of rotatable bonds is 5. The van der Waals surface area contributed by atoms with E-state index in [1.54, 1.807) is 23.5 Å². The lowest BCUT2D eigenvalue weighted by molar-refractivity contribution is 1.21. The first-order valence-corrected chi connectivity index (χ1v) is 10.4. The lowest BCUT2D eigenvalue weighted by atomic mass is 10.1. The van der Waals surface area contributed by atoms with Gasteiger partial charge in [-0.3, -0.25) is 4.98 Å². The third-order valence-corrected chi connectivity index (χ3v) is 6.17. The van der Waals surface area contributed by atoms with Gasteiger partial charge in [0.05, 0.1) is 5.69 Å². The summed E-state index contributed by atoms with van der Waals surface area (Å²) in [6.45, 7) is 2.16. The molecule has 0 aliphatic rings. The standard InChI is InChI=1S/C24H19NS2/c1-18-16-22(26-19-10-4-2-5-11-19)24(21-14-8-9-15-25-21)23(17-18)27-20-12-6-3-7-13-20/h2-17H,1H3. The van der Waals surface area contributed by atoms with Gasteiger partial charge in [0, 0.05) is 31.3 Å². The van der Waals surface area contributed by atoms with Crippen molar-refractivity contribution in [1.82, 2.24) is 4.98 Å². The van der Waals surface area contributed by atoms with Gasteiger partial charge < -0.3 is 0 Å². The summed E-state index contributed by atoms with van der Waals surface area (Å²) in [5.74, 6) is 0. The molecule has 4 aromatic rings. The number of hydrogen-bond donors (Lipinski definition) is 0. The van der Waals surface area contributed by atoms with Gasteiger partial charge in [-0.25, -0.2) is 0 Å². The number of nitrogens with zero attached hydrogens (tertiary/aromatic N) is 1. The molecule has 0 spiro atoms. The lowest BCUT2D eigenvalue weighted by Crippen LogP contribution is -1.91. The molecule has 1 nitrogen and oxygen atoms in total. The van der Waals surface area contributed by atoms with Crippen LogP contribution < -0.4 is 0 Å². The number of aromatic nitrogens is 1. The zero-order chi connectivity index (χ0) is 18.5. The molecule has 0 saturated heterocycles. The molecule has 0 fully saturated rings. The number of aryl methyl sites for hydroxylation is 1. The van der Waals surface area contributed by atoms with Gasteiger partial charge in [-0.05, 0) is 61.0 Å². The molecule has 3 heteroatoms. The molecular formula is C24H19NS2. The molecule has 0 aliphatic heterocycles. The van der Waals surface area contributed by atoms with Gasteiger partial charge in [-0.15, -0.1) is 0 Å². The summed E-state index contributed by atoms with van der Waals surface area (Å²) < 4.78 is 0. The molecule has 0 radical (unpaired) electrons. The fourth-order valence-corrected chi connectivity index (χ4v) is 5.16.